The molecule has 0 saturated carbocycles. The van der Waals surface area contributed by atoms with E-state index < -0.39 is 0 Å². The van der Waals surface area contributed by atoms with Gasteiger partial charge in [-0.2, -0.15) is 0 Å². The van der Waals surface area contributed by atoms with E-state index in [2.05, 4.69) is 0 Å². The van der Waals surface area contributed by atoms with Crippen molar-refractivity contribution in [1.82, 2.24) is 0 Å². The molecule has 1 aliphatic rings. The minimum absolute atomic E-state index is 0.240. The highest BCUT2D eigenvalue weighted by Gasteiger charge is 2.32. The van der Waals surface area contributed by atoms with Crippen LogP contribution in [0, 0.1) is 0 Å². The first-order chi connectivity index (χ1) is 16.4. The second kappa shape index (κ2) is 9.36. The van der Waals surface area contributed by atoms with E-state index in [1.54, 1.807) is 47.4 Å². The van der Waals surface area contributed by atoms with Gasteiger partial charge in [0, 0.05) is 11.1 Å². The molecule has 0 saturated heterocycles. The standard InChI is InChI=1S/C27H15Cl4NO2/c28-20-11-9-17(14-22(20)30)25-12-10-19(34-25)13-18-15-24(16-5-2-1-3-6-16)32(27(18)33)23-8-4-7-21(29)26(23)31/h1-15H/b18-13+. The maximum absolute atomic E-state index is 13.5. The molecule has 34 heavy (non-hydrogen) atoms. The molecule has 0 spiro atoms. The summed E-state index contributed by atoms with van der Waals surface area (Å²) >= 11 is 24.9. The van der Waals surface area contributed by atoms with E-state index >= 15 is 0 Å². The lowest BCUT2D eigenvalue weighted by atomic mass is 10.1. The van der Waals surface area contributed by atoms with Crippen LogP contribution in [0.4, 0.5) is 5.69 Å². The molecule has 0 fully saturated rings. The van der Waals surface area contributed by atoms with Gasteiger partial charge in [-0.15, -0.1) is 0 Å². The summed E-state index contributed by atoms with van der Waals surface area (Å²) in [5.74, 6) is 0.889. The maximum Gasteiger partial charge on any atom is 0.263 e. The Bertz CT molecular complexity index is 1470. The Labute approximate surface area is 216 Å². The molecule has 2 heterocycles. The SMILES string of the molecule is O=C1/C(=C/c2ccc(-c3ccc(Cl)c(Cl)c3)o2)C=C(c2ccccc2)N1c1cccc(Cl)c1Cl. The second-order valence-electron chi connectivity index (χ2n) is 7.54. The van der Waals surface area contributed by atoms with Crippen LogP contribution in [0.5, 0.6) is 0 Å². The summed E-state index contributed by atoms with van der Waals surface area (Å²) in [7, 11) is 0. The zero-order chi connectivity index (χ0) is 23.8. The molecule has 3 nitrogen and oxygen atoms in total. The fourth-order valence-corrected chi connectivity index (χ4v) is 4.41. The largest absolute Gasteiger partial charge is 0.457 e. The molecular weight excluding hydrogens is 512 g/mol. The summed E-state index contributed by atoms with van der Waals surface area (Å²) in [4.78, 5) is 15.1. The van der Waals surface area contributed by atoms with Crippen molar-refractivity contribution < 1.29 is 9.21 Å². The normalized spacial score (nSPS) is 14.7. The highest BCUT2D eigenvalue weighted by molar-refractivity contribution is 6.44. The lowest BCUT2D eigenvalue weighted by molar-refractivity contribution is -0.113. The fraction of sp³-hybridized carbons (Fsp3) is 0. The van der Waals surface area contributed by atoms with Crippen LogP contribution in [-0.4, -0.2) is 5.91 Å². The van der Waals surface area contributed by atoms with E-state index in [-0.39, 0.29) is 5.91 Å². The molecule has 4 aromatic rings. The van der Waals surface area contributed by atoms with Gasteiger partial charge in [0.2, 0.25) is 0 Å². The third kappa shape index (κ3) is 4.28. The van der Waals surface area contributed by atoms with Gasteiger partial charge in [0.05, 0.1) is 31.5 Å². The van der Waals surface area contributed by atoms with Crippen molar-refractivity contribution in [2.24, 2.45) is 0 Å². The Morgan fingerprint density at radius 1 is 0.735 bits per heavy atom. The smallest absolute Gasteiger partial charge is 0.263 e. The van der Waals surface area contributed by atoms with E-state index in [4.69, 9.17) is 50.8 Å². The van der Waals surface area contributed by atoms with Gasteiger partial charge in [0.15, 0.2) is 0 Å². The third-order valence-corrected chi connectivity index (χ3v) is 6.90. The van der Waals surface area contributed by atoms with E-state index in [1.807, 2.05) is 48.5 Å². The molecule has 7 heteroatoms. The highest BCUT2D eigenvalue weighted by atomic mass is 35.5. The Hall–Kier alpha value is -2.95. The van der Waals surface area contributed by atoms with Gasteiger partial charge in [0.25, 0.3) is 5.91 Å². The summed E-state index contributed by atoms with van der Waals surface area (Å²) in [6.07, 6.45) is 3.51. The molecule has 0 bridgehead atoms. The van der Waals surface area contributed by atoms with Crippen LogP contribution in [0.2, 0.25) is 20.1 Å². The number of halogens is 4. The van der Waals surface area contributed by atoms with Gasteiger partial charge in [-0.1, -0.05) is 82.8 Å². The average molecular weight is 527 g/mol. The fourth-order valence-electron chi connectivity index (χ4n) is 3.73. The van der Waals surface area contributed by atoms with Crippen LogP contribution >= 0.6 is 46.4 Å². The van der Waals surface area contributed by atoms with Crippen LogP contribution in [0.25, 0.3) is 23.1 Å². The minimum atomic E-state index is -0.240. The molecule has 0 N–H and O–H groups in total. The molecule has 1 amide bonds. The number of hydrogen-bond acceptors (Lipinski definition) is 2. The van der Waals surface area contributed by atoms with Gasteiger partial charge >= 0.3 is 0 Å². The van der Waals surface area contributed by atoms with Crippen LogP contribution < -0.4 is 4.90 Å². The minimum Gasteiger partial charge on any atom is -0.457 e. The zero-order valence-electron chi connectivity index (χ0n) is 17.4. The van der Waals surface area contributed by atoms with Crippen molar-refractivity contribution in [1.29, 1.82) is 0 Å². The molecular formula is C27H15Cl4NO2. The summed E-state index contributed by atoms with van der Waals surface area (Å²) in [6, 6.07) is 23.7. The Kier molecular flexibility index (Phi) is 6.28. The van der Waals surface area contributed by atoms with Crippen molar-refractivity contribution in [2.75, 3.05) is 4.90 Å². The summed E-state index contributed by atoms with van der Waals surface area (Å²) in [6.45, 7) is 0. The number of amides is 1. The van der Waals surface area contributed by atoms with Gasteiger partial charge in [0.1, 0.15) is 11.5 Å². The molecule has 3 aromatic carbocycles. The van der Waals surface area contributed by atoms with Crippen LogP contribution in [0.1, 0.15) is 11.3 Å². The van der Waals surface area contributed by atoms with Crippen LogP contribution in [0.3, 0.4) is 0 Å². The molecule has 0 atom stereocenters. The molecule has 0 radical (unpaired) electrons. The second-order valence-corrected chi connectivity index (χ2v) is 9.14. The topological polar surface area (TPSA) is 33.5 Å². The van der Waals surface area contributed by atoms with Crippen molar-refractivity contribution >= 4 is 69.8 Å². The third-order valence-electron chi connectivity index (χ3n) is 5.35. The number of nitrogens with zero attached hydrogens (tertiary/aromatic N) is 1. The van der Waals surface area contributed by atoms with E-state index in [1.165, 1.54) is 0 Å². The molecule has 5 rings (SSSR count). The first-order valence-corrected chi connectivity index (χ1v) is 11.8. The highest BCUT2D eigenvalue weighted by Crippen LogP contribution is 2.41. The van der Waals surface area contributed by atoms with Gasteiger partial charge in [-0.25, -0.2) is 0 Å². The number of carbonyl (C=O) groups is 1. The first kappa shape index (κ1) is 22.8. The van der Waals surface area contributed by atoms with Gasteiger partial charge < -0.3 is 4.42 Å². The number of carbonyl (C=O) groups excluding carboxylic acids is 1. The Balaban J connectivity index is 1.56. The van der Waals surface area contributed by atoms with Crippen LogP contribution in [0.15, 0.2) is 94.9 Å². The number of furan rings is 1. The Morgan fingerprint density at radius 3 is 2.29 bits per heavy atom. The molecule has 0 unspecified atom stereocenters. The van der Waals surface area contributed by atoms with Crippen LogP contribution in [-0.2, 0) is 4.79 Å². The lowest BCUT2D eigenvalue weighted by Gasteiger charge is -2.22. The molecule has 168 valence electrons. The number of hydrogen-bond donors (Lipinski definition) is 0. The number of rotatable bonds is 4. The summed E-state index contributed by atoms with van der Waals surface area (Å²) < 4.78 is 5.97. The predicted molar refractivity (Wildman–Crippen MR) is 141 cm³/mol. The number of benzene rings is 3. The first-order valence-electron chi connectivity index (χ1n) is 10.2. The number of anilines is 1. The van der Waals surface area contributed by atoms with Crippen molar-refractivity contribution in [3.63, 3.8) is 0 Å². The zero-order valence-corrected chi connectivity index (χ0v) is 20.5. The predicted octanol–water partition coefficient (Wildman–Crippen LogP) is 9.03. The molecule has 0 aliphatic carbocycles. The Morgan fingerprint density at radius 2 is 1.53 bits per heavy atom. The summed E-state index contributed by atoms with van der Waals surface area (Å²) in [5.41, 5.74) is 3.30. The average Bonchev–Trinajstić information content (AvgIpc) is 3.43. The molecule has 1 aromatic heterocycles. The van der Waals surface area contributed by atoms with E-state index in [0.29, 0.717) is 48.6 Å². The van der Waals surface area contributed by atoms with Crippen molar-refractivity contribution in [3.8, 4) is 11.3 Å². The summed E-state index contributed by atoms with van der Waals surface area (Å²) in [5, 5.41) is 1.58. The van der Waals surface area contributed by atoms with E-state index in [9.17, 15) is 4.79 Å². The van der Waals surface area contributed by atoms with Crippen molar-refractivity contribution in [2.45, 2.75) is 0 Å². The quantitative estimate of drug-likeness (QED) is 0.248. The van der Waals surface area contributed by atoms with Gasteiger partial charge in [-0.3, -0.25) is 9.69 Å². The van der Waals surface area contributed by atoms with Gasteiger partial charge in [-0.05, 0) is 60.2 Å². The van der Waals surface area contributed by atoms with E-state index in [0.717, 1.165) is 11.1 Å². The van der Waals surface area contributed by atoms with Crippen molar-refractivity contribution in [3.05, 3.63) is 122 Å². The maximum atomic E-state index is 13.5. The monoisotopic (exact) mass is 525 g/mol. The molecule has 1 aliphatic heterocycles. The lowest BCUT2D eigenvalue weighted by Crippen LogP contribution is -2.25.